The molecule has 0 spiro atoms. The Morgan fingerprint density at radius 2 is 1.39 bits per heavy atom. The van der Waals surface area contributed by atoms with Crippen LogP contribution < -0.4 is 18.9 Å². The molecule has 0 atom stereocenters. The standard InChI is InChI=1S/C27H35NO5/c1-28(16-11-20-7-8-23(30-2)24(17-20)31-3)15-6-12-27(29)13-9-21-18-25(32-4)26(33-5)19-22(21)10-14-27/h7-8,17-19,29H,9-11,13-16H2,1-5H3. The summed E-state index contributed by atoms with van der Waals surface area (Å²) >= 11 is 0. The summed E-state index contributed by atoms with van der Waals surface area (Å²) in [6.07, 6.45) is 3.61. The van der Waals surface area contributed by atoms with Crippen molar-refractivity contribution in [3.05, 3.63) is 47.0 Å². The lowest BCUT2D eigenvalue weighted by molar-refractivity contribution is 0.0856. The predicted molar refractivity (Wildman–Crippen MR) is 130 cm³/mol. The first-order valence-corrected chi connectivity index (χ1v) is 11.3. The van der Waals surface area contributed by atoms with Crippen LogP contribution in [0.2, 0.25) is 0 Å². The van der Waals surface area contributed by atoms with E-state index < -0.39 is 5.60 Å². The number of ether oxygens (including phenoxy) is 4. The Balaban J connectivity index is 1.56. The average molecular weight is 454 g/mol. The van der Waals surface area contributed by atoms with Gasteiger partial charge in [0.15, 0.2) is 23.0 Å². The van der Waals surface area contributed by atoms with Crippen molar-refractivity contribution in [2.24, 2.45) is 0 Å². The molecule has 0 aliphatic heterocycles. The van der Waals surface area contributed by atoms with Crippen molar-refractivity contribution in [3.8, 4) is 34.8 Å². The van der Waals surface area contributed by atoms with Crippen molar-refractivity contribution in [2.75, 3.05) is 48.6 Å². The van der Waals surface area contributed by atoms with E-state index in [-0.39, 0.29) is 0 Å². The molecule has 0 unspecified atom stereocenters. The van der Waals surface area contributed by atoms with Gasteiger partial charge in [0.05, 0.1) is 35.0 Å². The fraction of sp³-hybridized carbons (Fsp3) is 0.481. The summed E-state index contributed by atoms with van der Waals surface area (Å²) in [5.41, 5.74) is 2.58. The summed E-state index contributed by atoms with van der Waals surface area (Å²) in [6, 6.07) is 10.0. The molecule has 0 fully saturated rings. The molecule has 1 aliphatic rings. The van der Waals surface area contributed by atoms with Gasteiger partial charge < -0.3 is 24.1 Å². The first-order valence-electron chi connectivity index (χ1n) is 11.3. The van der Waals surface area contributed by atoms with E-state index >= 15 is 0 Å². The Morgan fingerprint density at radius 3 is 1.94 bits per heavy atom. The van der Waals surface area contributed by atoms with E-state index in [9.17, 15) is 5.11 Å². The highest BCUT2D eigenvalue weighted by Gasteiger charge is 2.28. The van der Waals surface area contributed by atoms with Crippen LogP contribution in [0.4, 0.5) is 0 Å². The van der Waals surface area contributed by atoms with Crippen LogP contribution in [-0.2, 0) is 19.3 Å². The zero-order valence-electron chi connectivity index (χ0n) is 20.4. The van der Waals surface area contributed by atoms with Crippen molar-refractivity contribution in [2.45, 2.75) is 37.7 Å². The molecular formula is C27H35NO5. The average Bonchev–Trinajstić information content (AvgIpc) is 3.00. The van der Waals surface area contributed by atoms with Gasteiger partial charge in [0.2, 0.25) is 0 Å². The van der Waals surface area contributed by atoms with Crippen LogP contribution in [0.25, 0.3) is 0 Å². The molecule has 178 valence electrons. The largest absolute Gasteiger partial charge is 0.493 e. The van der Waals surface area contributed by atoms with Crippen molar-refractivity contribution >= 4 is 0 Å². The molecule has 6 heteroatoms. The number of nitrogens with zero attached hydrogens (tertiary/aromatic N) is 1. The third kappa shape index (κ3) is 6.34. The molecule has 0 amide bonds. The number of hydrogen-bond acceptors (Lipinski definition) is 6. The monoisotopic (exact) mass is 453 g/mol. The van der Waals surface area contributed by atoms with Gasteiger partial charge in [-0.2, -0.15) is 0 Å². The molecule has 0 aromatic heterocycles. The van der Waals surface area contributed by atoms with E-state index in [4.69, 9.17) is 18.9 Å². The number of likely N-dealkylation sites (N-methyl/N-ethyl adjacent to an activating group) is 1. The van der Waals surface area contributed by atoms with E-state index in [0.29, 0.717) is 19.4 Å². The van der Waals surface area contributed by atoms with Crippen molar-refractivity contribution < 1.29 is 24.1 Å². The van der Waals surface area contributed by atoms with E-state index in [1.54, 1.807) is 28.4 Å². The second-order valence-corrected chi connectivity index (χ2v) is 8.49. The van der Waals surface area contributed by atoms with Gasteiger partial charge in [-0.25, -0.2) is 0 Å². The number of fused-ring (bicyclic) bond motifs is 1. The van der Waals surface area contributed by atoms with E-state index in [2.05, 4.69) is 22.8 Å². The molecular weight excluding hydrogens is 418 g/mol. The van der Waals surface area contributed by atoms with Gasteiger partial charge in [0.25, 0.3) is 0 Å². The minimum atomic E-state index is -0.982. The number of aryl methyl sites for hydroxylation is 2. The van der Waals surface area contributed by atoms with Gasteiger partial charge in [-0.05, 0) is 80.1 Å². The van der Waals surface area contributed by atoms with Crippen LogP contribution in [0.15, 0.2) is 30.3 Å². The maximum Gasteiger partial charge on any atom is 0.161 e. The van der Waals surface area contributed by atoms with Crippen molar-refractivity contribution in [1.82, 2.24) is 4.90 Å². The molecule has 1 N–H and O–H groups in total. The molecule has 2 aromatic carbocycles. The first-order chi connectivity index (χ1) is 15.9. The third-order valence-electron chi connectivity index (χ3n) is 6.22. The fourth-order valence-electron chi connectivity index (χ4n) is 4.14. The summed E-state index contributed by atoms with van der Waals surface area (Å²) in [6.45, 7) is 1.46. The normalized spacial score (nSPS) is 14.5. The van der Waals surface area contributed by atoms with Crippen LogP contribution in [-0.4, -0.2) is 64.2 Å². The quantitative estimate of drug-likeness (QED) is 0.488. The van der Waals surface area contributed by atoms with E-state index in [1.807, 2.05) is 31.3 Å². The molecule has 33 heavy (non-hydrogen) atoms. The minimum absolute atomic E-state index is 0.601. The molecule has 0 bridgehead atoms. The first kappa shape index (κ1) is 24.8. The van der Waals surface area contributed by atoms with Gasteiger partial charge in [-0.15, -0.1) is 0 Å². The maximum absolute atomic E-state index is 11.1. The lowest BCUT2D eigenvalue weighted by atomic mass is 9.94. The zero-order valence-corrected chi connectivity index (χ0v) is 20.4. The lowest BCUT2D eigenvalue weighted by Crippen LogP contribution is -2.28. The smallest absolute Gasteiger partial charge is 0.161 e. The Morgan fingerprint density at radius 1 is 0.848 bits per heavy atom. The SMILES string of the molecule is COc1ccc(CCN(C)CC#CC2(O)CCc3cc(OC)c(OC)cc3CC2)cc1OC. The second-order valence-electron chi connectivity index (χ2n) is 8.49. The molecule has 6 nitrogen and oxygen atoms in total. The lowest BCUT2D eigenvalue weighted by Gasteiger charge is -2.20. The Hall–Kier alpha value is -2.88. The highest BCUT2D eigenvalue weighted by molar-refractivity contribution is 5.48. The predicted octanol–water partition coefficient (Wildman–Crippen LogP) is 3.51. The van der Waals surface area contributed by atoms with Crippen LogP contribution in [0, 0.1) is 11.8 Å². The van der Waals surface area contributed by atoms with E-state index in [0.717, 1.165) is 48.8 Å². The number of benzene rings is 2. The van der Waals surface area contributed by atoms with Gasteiger partial charge in [0, 0.05) is 6.54 Å². The Bertz CT molecular complexity index is 973. The Labute approximate surface area is 197 Å². The van der Waals surface area contributed by atoms with Crippen LogP contribution in [0.5, 0.6) is 23.0 Å². The van der Waals surface area contributed by atoms with Gasteiger partial charge in [-0.3, -0.25) is 4.90 Å². The molecule has 0 saturated carbocycles. The number of hydrogen-bond donors (Lipinski definition) is 1. The molecule has 0 heterocycles. The van der Waals surface area contributed by atoms with Gasteiger partial charge in [-0.1, -0.05) is 17.9 Å². The van der Waals surface area contributed by atoms with Gasteiger partial charge >= 0.3 is 0 Å². The molecule has 3 rings (SSSR count). The number of rotatable bonds is 8. The van der Waals surface area contributed by atoms with E-state index in [1.165, 1.54) is 16.7 Å². The Kier molecular flexibility index (Phi) is 8.49. The molecule has 2 aromatic rings. The summed E-state index contributed by atoms with van der Waals surface area (Å²) in [4.78, 5) is 2.16. The van der Waals surface area contributed by atoms with Gasteiger partial charge in [0.1, 0.15) is 5.60 Å². The summed E-state index contributed by atoms with van der Waals surface area (Å²) < 4.78 is 21.5. The van der Waals surface area contributed by atoms with Crippen molar-refractivity contribution in [3.63, 3.8) is 0 Å². The topological polar surface area (TPSA) is 60.4 Å². The molecule has 0 radical (unpaired) electrons. The minimum Gasteiger partial charge on any atom is -0.493 e. The highest BCUT2D eigenvalue weighted by atomic mass is 16.5. The summed E-state index contributed by atoms with van der Waals surface area (Å²) in [7, 11) is 8.61. The summed E-state index contributed by atoms with van der Waals surface area (Å²) in [5, 5.41) is 11.1. The molecule has 1 aliphatic carbocycles. The maximum atomic E-state index is 11.1. The number of methoxy groups -OCH3 is 4. The molecule has 0 saturated heterocycles. The van der Waals surface area contributed by atoms with Crippen LogP contribution in [0.3, 0.4) is 0 Å². The summed E-state index contributed by atoms with van der Waals surface area (Å²) in [5.74, 6) is 9.29. The second kappa shape index (κ2) is 11.3. The number of aliphatic hydroxyl groups is 1. The fourth-order valence-corrected chi connectivity index (χ4v) is 4.14. The zero-order chi connectivity index (χ0) is 23.8. The van der Waals surface area contributed by atoms with Crippen molar-refractivity contribution in [1.29, 1.82) is 0 Å². The van der Waals surface area contributed by atoms with Crippen LogP contribution in [0.1, 0.15) is 29.5 Å². The third-order valence-corrected chi connectivity index (χ3v) is 6.22. The van der Waals surface area contributed by atoms with Crippen LogP contribution >= 0.6 is 0 Å². The highest BCUT2D eigenvalue weighted by Crippen LogP contribution is 2.35.